The summed E-state index contributed by atoms with van der Waals surface area (Å²) in [7, 11) is 8.07. The second kappa shape index (κ2) is 9.69. The molecular formula is C24H25IN2O2. The van der Waals surface area contributed by atoms with Gasteiger partial charge < -0.3 is 34.0 Å². The normalized spacial score (nSPS) is 12.4. The van der Waals surface area contributed by atoms with E-state index in [9.17, 15) is 9.90 Å². The number of carbonyl (C=O) groups is 1. The summed E-state index contributed by atoms with van der Waals surface area (Å²) in [6.07, 6.45) is 8.40. The molecule has 3 rings (SSSR count). The van der Waals surface area contributed by atoms with E-state index in [0.29, 0.717) is 0 Å². The first kappa shape index (κ1) is 22.6. The van der Waals surface area contributed by atoms with Crippen LogP contribution in [0.15, 0.2) is 78.4 Å². The number of allylic oxidation sites excluding steroid dienone is 5. The standard InChI is InChI=1S/C24H24N2O2.HI/c1-25(2)21-13-9-18(10-14-21)23(17-5-7-20(8-6-17)24(27)28)19-11-15-22(16-12-19)26(3)4;/h5-16H,1-4H3;1H. The number of carboxylic acid groups (broad SMARTS) is 1. The van der Waals surface area contributed by atoms with Crippen LogP contribution in [0.3, 0.4) is 0 Å². The van der Waals surface area contributed by atoms with Crippen molar-refractivity contribution in [2.75, 3.05) is 33.1 Å². The quantitative estimate of drug-likeness (QED) is 0.506. The third-order valence-corrected chi connectivity index (χ3v) is 4.77. The van der Waals surface area contributed by atoms with Gasteiger partial charge in [0.25, 0.3) is 0 Å². The molecule has 4 nitrogen and oxygen atoms in total. The minimum absolute atomic E-state index is 0. The molecule has 0 saturated carbocycles. The van der Waals surface area contributed by atoms with Crippen LogP contribution in [0.2, 0.25) is 0 Å². The molecule has 0 aromatic heterocycles. The van der Waals surface area contributed by atoms with Crippen molar-refractivity contribution in [1.29, 1.82) is 0 Å². The molecule has 0 spiro atoms. The predicted octanol–water partition coefficient (Wildman–Crippen LogP) is 1.10. The van der Waals surface area contributed by atoms with E-state index in [-0.39, 0.29) is 29.5 Å². The van der Waals surface area contributed by atoms with E-state index in [0.717, 1.165) is 33.7 Å². The number of hydrogen-bond donors (Lipinski definition) is 1. The Morgan fingerprint density at radius 2 is 1.24 bits per heavy atom. The lowest BCUT2D eigenvalue weighted by molar-refractivity contribution is -0.462. The molecule has 29 heavy (non-hydrogen) atoms. The summed E-state index contributed by atoms with van der Waals surface area (Å²) in [5.41, 5.74) is 6.79. The van der Waals surface area contributed by atoms with E-state index in [4.69, 9.17) is 0 Å². The second-order valence-electron chi connectivity index (χ2n) is 7.14. The van der Waals surface area contributed by atoms with Crippen LogP contribution < -0.4 is 28.9 Å². The third kappa shape index (κ3) is 5.23. The van der Waals surface area contributed by atoms with Gasteiger partial charge in [-0.2, -0.15) is 0 Å². The van der Waals surface area contributed by atoms with Gasteiger partial charge in [0.2, 0.25) is 0 Å². The van der Waals surface area contributed by atoms with E-state index in [1.807, 2.05) is 40.3 Å². The molecule has 0 radical (unpaired) electrons. The first-order valence-corrected chi connectivity index (χ1v) is 9.13. The lowest BCUT2D eigenvalue weighted by Crippen LogP contribution is -3.00. The average Bonchev–Trinajstić information content (AvgIpc) is 2.69. The molecule has 1 N–H and O–H groups in total. The molecular weight excluding hydrogens is 475 g/mol. The van der Waals surface area contributed by atoms with Gasteiger partial charge in [0.15, 0.2) is 5.71 Å². The third-order valence-electron chi connectivity index (χ3n) is 4.77. The topological polar surface area (TPSA) is 43.5 Å². The fraction of sp³-hybridized carbons (Fsp3) is 0.167. The average molecular weight is 500 g/mol. The highest BCUT2D eigenvalue weighted by atomic mass is 127. The van der Waals surface area contributed by atoms with Crippen molar-refractivity contribution >= 4 is 22.9 Å². The van der Waals surface area contributed by atoms with E-state index in [1.165, 1.54) is 0 Å². The summed E-state index contributed by atoms with van der Waals surface area (Å²) in [4.78, 5) is 13.3. The maximum absolute atomic E-state index is 11.2. The van der Waals surface area contributed by atoms with E-state index in [1.54, 1.807) is 12.1 Å². The molecule has 0 heterocycles. The Bertz CT molecular complexity index is 990. The molecule has 5 heteroatoms. The number of halogens is 1. The second-order valence-corrected chi connectivity index (χ2v) is 7.14. The number of rotatable bonds is 4. The summed E-state index contributed by atoms with van der Waals surface area (Å²) in [5.74, 6) is -0.918. The first-order chi connectivity index (χ1) is 13.4. The van der Waals surface area contributed by atoms with Gasteiger partial charge in [-0.3, -0.25) is 0 Å². The molecule has 0 aliphatic heterocycles. The highest BCUT2D eigenvalue weighted by molar-refractivity contribution is 6.04. The number of anilines is 1. The van der Waals surface area contributed by atoms with Crippen LogP contribution >= 0.6 is 0 Å². The van der Waals surface area contributed by atoms with Crippen molar-refractivity contribution < 1.29 is 38.5 Å². The number of hydrogen-bond acceptors (Lipinski definition) is 2. The summed E-state index contributed by atoms with van der Waals surface area (Å²) in [6.45, 7) is 0. The Kier molecular flexibility index (Phi) is 7.56. The maximum atomic E-state index is 11.2. The van der Waals surface area contributed by atoms with Gasteiger partial charge in [0.05, 0.1) is 5.56 Å². The molecule has 0 amide bonds. The molecule has 0 atom stereocenters. The minimum Gasteiger partial charge on any atom is -1.00 e. The van der Waals surface area contributed by atoms with Gasteiger partial charge >= 0.3 is 5.97 Å². The molecule has 1 aliphatic rings. The van der Waals surface area contributed by atoms with Gasteiger partial charge in [-0.05, 0) is 58.7 Å². The predicted molar refractivity (Wildman–Crippen MR) is 116 cm³/mol. The molecule has 0 saturated heterocycles. The summed E-state index contributed by atoms with van der Waals surface area (Å²) in [5, 5.41) is 9.20. The molecule has 0 bridgehead atoms. The first-order valence-electron chi connectivity index (χ1n) is 9.13. The summed E-state index contributed by atoms with van der Waals surface area (Å²) in [6, 6.07) is 15.5. The number of carboxylic acids is 1. The number of nitrogens with zero attached hydrogens (tertiary/aromatic N) is 2. The van der Waals surface area contributed by atoms with Crippen LogP contribution in [-0.2, 0) is 0 Å². The van der Waals surface area contributed by atoms with Crippen molar-refractivity contribution in [1.82, 2.24) is 0 Å². The largest absolute Gasteiger partial charge is 1.00 e. The van der Waals surface area contributed by atoms with Crippen molar-refractivity contribution in [3.05, 3.63) is 95.1 Å². The van der Waals surface area contributed by atoms with Gasteiger partial charge in [-0.25, -0.2) is 9.37 Å². The van der Waals surface area contributed by atoms with Crippen LogP contribution in [0.5, 0.6) is 0 Å². The van der Waals surface area contributed by atoms with Crippen molar-refractivity contribution in [3.63, 3.8) is 0 Å². The van der Waals surface area contributed by atoms with Crippen molar-refractivity contribution in [3.8, 4) is 0 Å². The lowest BCUT2D eigenvalue weighted by Gasteiger charge is -2.16. The Hall–Kier alpha value is -2.67. The van der Waals surface area contributed by atoms with Crippen LogP contribution in [0.4, 0.5) is 5.69 Å². The lowest BCUT2D eigenvalue weighted by atomic mass is 9.90. The van der Waals surface area contributed by atoms with Crippen molar-refractivity contribution in [2.24, 2.45) is 0 Å². The molecule has 1 aliphatic carbocycles. The van der Waals surface area contributed by atoms with E-state index >= 15 is 0 Å². The zero-order valence-corrected chi connectivity index (χ0v) is 19.2. The highest BCUT2D eigenvalue weighted by Gasteiger charge is 2.14. The zero-order chi connectivity index (χ0) is 20.3. The zero-order valence-electron chi connectivity index (χ0n) is 17.1. The number of aromatic carboxylic acids is 1. The molecule has 2 aromatic carbocycles. The van der Waals surface area contributed by atoms with Crippen LogP contribution in [-0.4, -0.2) is 49.6 Å². The van der Waals surface area contributed by atoms with E-state index in [2.05, 4.69) is 58.0 Å². The van der Waals surface area contributed by atoms with Crippen molar-refractivity contribution in [2.45, 2.75) is 0 Å². The maximum Gasteiger partial charge on any atom is 0.335 e. The SMILES string of the molecule is CN(C)c1ccc(C(=C2C=CC(=[N+](C)C)C=C2)c2ccc(C(=O)O)cc2)cc1.[I-]. The Balaban J connectivity index is 0.00000300. The van der Waals surface area contributed by atoms with E-state index < -0.39 is 5.97 Å². The molecule has 2 aromatic rings. The van der Waals surface area contributed by atoms with Gasteiger partial charge in [0, 0.05) is 31.9 Å². The molecule has 0 fully saturated rings. The Morgan fingerprint density at radius 1 is 0.793 bits per heavy atom. The highest BCUT2D eigenvalue weighted by Crippen LogP contribution is 2.31. The summed E-state index contributed by atoms with van der Waals surface area (Å²) < 4.78 is 2.07. The van der Waals surface area contributed by atoms with Crippen LogP contribution in [0.25, 0.3) is 5.57 Å². The fourth-order valence-electron chi connectivity index (χ4n) is 3.13. The molecule has 150 valence electrons. The Labute approximate surface area is 189 Å². The number of benzene rings is 2. The molecule has 0 unspecified atom stereocenters. The van der Waals surface area contributed by atoms with Gasteiger partial charge in [-0.1, -0.05) is 24.3 Å². The van der Waals surface area contributed by atoms with Gasteiger partial charge in [-0.15, -0.1) is 0 Å². The van der Waals surface area contributed by atoms with Crippen LogP contribution in [0.1, 0.15) is 21.5 Å². The minimum atomic E-state index is -0.918. The van der Waals surface area contributed by atoms with Gasteiger partial charge in [0.1, 0.15) is 14.1 Å². The van der Waals surface area contributed by atoms with Crippen LogP contribution in [0, 0.1) is 0 Å². The summed E-state index contributed by atoms with van der Waals surface area (Å²) >= 11 is 0. The smallest absolute Gasteiger partial charge is 0.335 e. The Morgan fingerprint density at radius 3 is 1.66 bits per heavy atom. The monoisotopic (exact) mass is 500 g/mol. The fourth-order valence-corrected chi connectivity index (χ4v) is 3.13.